The second-order valence-electron chi connectivity index (χ2n) is 6.77. The largest absolute Gasteiger partial charge is 0.348 e. The van der Waals surface area contributed by atoms with E-state index in [9.17, 15) is 13.8 Å². The fourth-order valence-electron chi connectivity index (χ4n) is 2.94. The predicted molar refractivity (Wildman–Crippen MR) is 119 cm³/mol. The topological polar surface area (TPSA) is 122 Å². The summed E-state index contributed by atoms with van der Waals surface area (Å²) in [5, 5.41) is 15.5. The number of amides is 1. The van der Waals surface area contributed by atoms with Gasteiger partial charge in [0.25, 0.3) is 5.91 Å². The van der Waals surface area contributed by atoms with Gasteiger partial charge in [0.15, 0.2) is 0 Å². The van der Waals surface area contributed by atoms with Crippen molar-refractivity contribution in [3.63, 3.8) is 0 Å². The Labute approximate surface area is 187 Å². The summed E-state index contributed by atoms with van der Waals surface area (Å²) in [5.41, 5.74) is 0.960. The lowest BCUT2D eigenvalue weighted by Crippen LogP contribution is -2.30. The maximum absolute atomic E-state index is 12.8. The Hall–Kier alpha value is -3.23. The van der Waals surface area contributed by atoms with Crippen LogP contribution in [-0.2, 0) is 23.3 Å². The third kappa shape index (κ3) is 4.60. The average Bonchev–Trinajstić information content (AvgIpc) is 3.16. The molecule has 1 amide bonds. The molecule has 3 aromatic rings. The highest BCUT2D eigenvalue weighted by molar-refractivity contribution is 9.10. The van der Waals surface area contributed by atoms with Crippen LogP contribution in [0.4, 0.5) is 0 Å². The zero-order chi connectivity index (χ0) is 22.8. The first-order valence-electron chi connectivity index (χ1n) is 9.03. The van der Waals surface area contributed by atoms with Crippen molar-refractivity contribution in [2.75, 3.05) is 6.26 Å². The number of nitrogens with one attached hydrogen (secondary N) is 1. The molecule has 0 unspecified atom stereocenters. The quantitative estimate of drug-likeness (QED) is 0.537. The summed E-state index contributed by atoms with van der Waals surface area (Å²) in [6, 6.07) is 8.35. The SMILES string of the molecule is Cc1c(Br)c(=O)c(C(=O)NCc2ccc([S@](C)(=O)=NC#N)cc2)cn1-c1ccnn1C. The van der Waals surface area contributed by atoms with Gasteiger partial charge in [-0.15, -0.1) is 4.36 Å². The molecule has 0 radical (unpaired) electrons. The molecular weight excluding hydrogens is 484 g/mol. The molecule has 31 heavy (non-hydrogen) atoms. The highest BCUT2D eigenvalue weighted by Gasteiger charge is 2.18. The molecule has 0 saturated heterocycles. The fourth-order valence-corrected chi connectivity index (χ4v) is 4.25. The number of carbonyl (C=O) groups excluding carboxylic acids is 1. The van der Waals surface area contributed by atoms with Gasteiger partial charge in [0, 0.05) is 42.7 Å². The van der Waals surface area contributed by atoms with Gasteiger partial charge in [-0.25, -0.2) is 4.21 Å². The summed E-state index contributed by atoms with van der Waals surface area (Å²) in [6.07, 6.45) is 6.07. The first kappa shape index (κ1) is 22.5. The van der Waals surface area contributed by atoms with E-state index in [4.69, 9.17) is 5.26 Å². The Bertz CT molecular complexity index is 1380. The maximum Gasteiger partial charge on any atom is 0.257 e. The zero-order valence-corrected chi connectivity index (χ0v) is 19.4. The van der Waals surface area contributed by atoms with Crippen molar-refractivity contribution in [1.82, 2.24) is 19.7 Å². The van der Waals surface area contributed by atoms with Crippen molar-refractivity contribution >= 4 is 31.6 Å². The zero-order valence-electron chi connectivity index (χ0n) is 17.0. The van der Waals surface area contributed by atoms with Gasteiger partial charge in [0.05, 0.1) is 20.4 Å². The van der Waals surface area contributed by atoms with Gasteiger partial charge in [-0.05, 0) is 40.5 Å². The molecule has 2 heterocycles. The molecule has 2 aromatic heterocycles. The molecule has 11 heteroatoms. The van der Waals surface area contributed by atoms with E-state index in [1.165, 1.54) is 12.5 Å². The van der Waals surface area contributed by atoms with Crippen LogP contribution in [0, 0.1) is 18.4 Å². The van der Waals surface area contributed by atoms with Gasteiger partial charge < -0.3 is 9.88 Å². The molecule has 1 aromatic carbocycles. The van der Waals surface area contributed by atoms with Gasteiger partial charge in [-0.3, -0.25) is 14.3 Å². The number of hydrogen-bond donors (Lipinski definition) is 1. The summed E-state index contributed by atoms with van der Waals surface area (Å²) in [6.45, 7) is 1.93. The first-order chi connectivity index (χ1) is 14.7. The van der Waals surface area contributed by atoms with Crippen LogP contribution in [0.5, 0.6) is 0 Å². The molecular formula is C20H19BrN6O3S. The number of halogens is 1. The van der Waals surface area contributed by atoms with E-state index in [0.717, 1.165) is 5.56 Å². The molecule has 3 rings (SSSR count). The van der Waals surface area contributed by atoms with Crippen LogP contribution < -0.4 is 10.7 Å². The number of rotatable bonds is 5. The van der Waals surface area contributed by atoms with Crippen LogP contribution in [0.3, 0.4) is 0 Å². The maximum atomic E-state index is 12.8. The Morgan fingerprint density at radius 2 is 2.00 bits per heavy atom. The Morgan fingerprint density at radius 3 is 2.58 bits per heavy atom. The van der Waals surface area contributed by atoms with Gasteiger partial charge in [0.2, 0.25) is 11.6 Å². The Morgan fingerprint density at radius 1 is 1.32 bits per heavy atom. The number of pyridine rings is 1. The highest BCUT2D eigenvalue weighted by atomic mass is 79.9. The van der Waals surface area contributed by atoms with Crippen molar-refractivity contribution < 1.29 is 9.00 Å². The molecule has 0 aliphatic heterocycles. The second-order valence-corrected chi connectivity index (χ2v) is 9.83. The Balaban J connectivity index is 1.85. The minimum atomic E-state index is -2.78. The molecule has 0 aliphatic carbocycles. The van der Waals surface area contributed by atoms with E-state index < -0.39 is 21.1 Å². The molecule has 0 spiro atoms. The number of benzene rings is 1. The first-order valence-corrected chi connectivity index (χ1v) is 11.7. The molecule has 0 fully saturated rings. The second kappa shape index (κ2) is 8.87. The molecule has 0 bridgehead atoms. The monoisotopic (exact) mass is 502 g/mol. The summed E-state index contributed by atoms with van der Waals surface area (Å²) >= 11 is 3.29. The minimum absolute atomic E-state index is 0.0142. The molecule has 160 valence electrons. The molecule has 0 saturated carbocycles. The van der Waals surface area contributed by atoms with Gasteiger partial charge >= 0.3 is 0 Å². The van der Waals surface area contributed by atoms with E-state index in [1.54, 1.807) is 65.9 Å². The van der Waals surface area contributed by atoms with Crippen LogP contribution in [0.15, 0.2) is 61.3 Å². The lowest BCUT2D eigenvalue weighted by molar-refractivity contribution is 0.0949. The van der Waals surface area contributed by atoms with E-state index >= 15 is 0 Å². The normalized spacial score (nSPS) is 12.6. The fraction of sp³-hybridized carbons (Fsp3) is 0.200. The van der Waals surface area contributed by atoms with Crippen molar-refractivity contribution in [2.24, 2.45) is 11.4 Å². The number of hydrogen-bond acceptors (Lipinski definition) is 6. The van der Waals surface area contributed by atoms with Crippen molar-refractivity contribution in [3.05, 3.63) is 74.2 Å². The van der Waals surface area contributed by atoms with E-state index in [0.29, 0.717) is 20.9 Å². The lowest BCUT2D eigenvalue weighted by atomic mass is 10.2. The smallest absolute Gasteiger partial charge is 0.257 e. The third-order valence-corrected chi connectivity index (χ3v) is 7.21. The van der Waals surface area contributed by atoms with E-state index in [2.05, 4.69) is 30.7 Å². The standard InChI is InChI=1S/C20H19BrN6O3S/c1-13-18(21)19(28)16(11-27(13)17-8-9-24-26(17)2)20(29)23-10-14-4-6-15(7-5-14)31(3,30)25-12-22/h4-9,11H,10H2,1-3H3,(H,23,29)/t31-/m0/s1. The average molecular weight is 503 g/mol. The molecule has 1 N–H and O–H groups in total. The van der Waals surface area contributed by atoms with Crippen molar-refractivity contribution in [1.29, 1.82) is 5.26 Å². The van der Waals surface area contributed by atoms with Crippen LogP contribution >= 0.6 is 15.9 Å². The van der Waals surface area contributed by atoms with Gasteiger partial charge in [-0.1, -0.05) is 12.1 Å². The van der Waals surface area contributed by atoms with Crippen LogP contribution in [0.1, 0.15) is 21.6 Å². The summed E-state index contributed by atoms with van der Waals surface area (Å²) in [4.78, 5) is 25.8. The van der Waals surface area contributed by atoms with Gasteiger partial charge in [0.1, 0.15) is 11.4 Å². The number of nitrogens with zero attached hydrogens (tertiary/aromatic N) is 5. The third-order valence-electron chi connectivity index (χ3n) is 4.70. The minimum Gasteiger partial charge on any atom is -0.348 e. The molecule has 9 nitrogen and oxygen atoms in total. The number of aromatic nitrogens is 3. The summed E-state index contributed by atoms with van der Waals surface area (Å²) in [7, 11) is -1.01. The number of nitriles is 1. The van der Waals surface area contributed by atoms with Crippen molar-refractivity contribution in [3.8, 4) is 12.0 Å². The highest BCUT2D eigenvalue weighted by Crippen LogP contribution is 2.18. The van der Waals surface area contributed by atoms with E-state index in [1.807, 2.05) is 0 Å². The van der Waals surface area contributed by atoms with Gasteiger partial charge in [-0.2, -0.15) is 10.4 Å². The molecule has 0 aliphatic rings. The van der Waals surface area contributed by atoms with Crippen LogP contribution in [0.25, 0.3) is 5.82 Å². The predicted octanol–water partition coefficient (Wildman–Crippen LogP) is 2.51. The Kier molecular flexibility index (Phi) is 6.42. The van der Waals surface area contributed by atoms with Crippen LogP contribution in [-0.4, -0.2) is 30.7 Å². The lowest BCUT2D eigenvalue weighted by Gasteiger charge is -2.14. The number of carbonyl (C=O) groups is 1. The number of aryl methyl sites for hydroxylation is 1. The van der Waals surface area contributed by atoms with Crippen molar-refractivity contribution in [2.45, 2.75) is 18.4 Å². The molecule has 1 atom stereocenters. The summed E-state index contributed by atoms with van der Waals surface area (Å²) < 4.78 is 19.4. The van der Waals surface area contributed by atoms with E-state index in [-0.39, 0.29) is 12.1 Å². The summed E-state index contributed by atoms with van der Waals surface area (Å²) in [5.74, 6) is 0.179. The van der Waals surface area contributed by atoms with Crippen LogP contribution in [0.2, 0.25) is 0 Å².